The Kier molecular flexibility index (Phi) is 4.38. The van der Waals surface area contributed by atoms with Gasteiger partial charge in [-0.25, -0.2) is 8.78 Å². The van der Waals surface area contributed by atoms with Crippen molar-refractivity contribution in [2.75, 3.05) is 0 Å². The summed E-state index contributed by atoms with van der Waals surface area (Å²) in [5.41, 5.74) is 3.13. The largest absolute Gasteiger partial charge is 0.271 e. The van der Waals surface area contributed by atoms with Crippen LogP contribution in [-0.2, 0) is 0 Å². The van der Waals surface area contributed by atoms with Gasteiger partial charge in [0.15, 0.2) is 11.6 Å². The fourth-order valence-electron chi connectivity index (χ4n) is 1.69. The van der Waals surface area contributed by atoms with E-state index >= 15 is 0 Å². The van der Waals surface area contributed by atoms with Crippen LogP contribution in [0.1, 0.15) is 37.4 Å². The molecule has 0 fully saturated rings. The Bertz CT molecular complexity index is 364. The van der Waals surface area contributed by atoms with Crippen molar-refractivity contribution >= 4 is 0 Å². The minimum atomic E-state index is -0.802. The first-order chi connectivity index (χ1) is 7.47. The number of hydrazine groups is 1. The van der Waals surface area contributed by atoms with Crippen LogP contribution in [0, 0.1) is 24.5 Å². The number of benzene rings is 1. The fraction of sp³-hybridized carbons (Fsp3) is 0.500. The van der Waals surface area contributed by atoms with E-state index in [4.69, 9.17) is 5.84 Å². The Labute approximate surface area is 94.8 Å². The van der Waals surface area contributed by atoms with E-state index in [2.05, 4.69) is 5.43 Å². The van der Waals surface area contributed by atoms with Crippen LogP contribution in [0.2, 0.25) is 0 Å². The van der Waals surface area contributed by atoms with E-state index in [1.54, 1.807) is 12.1 Å². The van der Waals surface area contributed by atoms with E-state index < -0.39 is 11.6 Å². The normalized spacial score (nSPS) is 13.2. The van der Waals surface area contributed by atoms with Crippen molar-refractivity contribution < 1.29 is 8.78 Å². The Morgan fingerprint density at radius 3 is 2.38 bits per heavy atom. The van der Waals surface area contributed by atoms with E-state index in [1.165, 1.54) is 6.92 Å². The highest BCUT2D eigenvalue weighted by molar-refractivity contribution is 5.27. The van der Waals surface area contributed by atoms with E-state index in [-0.39, 0.29) is 6.04 Å². The van der Waals surface area contributed by atoms with Crippen molar-refractivity contribution in [2.45, 2.75) is 33.2 Å². The van der Waals surface area contributed by atoms with Crippen LogP contribution >= 0.6 is 0 Å². The van der Waals surface area contributed by atoms with E-state index in [1.807, 2.05) is 13.8 Å². The Morgan fingerprint density at radius 2 is 1.88 bits per heavy atom. The van der Waals surface area contributed by atoms with Crippen LogP contribution < -0.4 is 11.3 Å². The topological polar surface area (TPSA) is 38.0 Å². The molecule has 0 bridgehead atoms. The van der Waals surface area contributed by atoms with Crippen LogP contribution in [0.15, 0.2) is 12.1 Å². The molecule has 16 heavy (non-hydrogen) atoms. The number of hydrogen-bond acceptors (Lipinski definition) is 2. The molecule has 1 unspecified atom stereocenters. The summed E-state index contributed by atoms with van der Waals surface area (Å²) in [6, 6.07) is 2.80. The zero-order valence-electron chi connectivity index (χ0n) is 9.85. The third kappa shape index (κ3) is 2.77. The highest BCUT2D eigenvalue weighted by Crippen LogP contribution is 2.25. The molecule has 1 atom stereocenters. The zero-order chi connectivity index (χ0) is 12.3. The molecule has 90 valence electrons. The van der Waals surface area contributed by atoms with Gasteiger partial charge in [0.05, 0.1) is 0 Å². The molecular formula is C12H18F2N2. The summed E-state index contributed by atoms with van der Waals surface area (Å²) in [5, 5.41) is 0. The minimum Gasteiger partial charge on any atom is -0.271 e. The standard InChI is InChI=1S/C12H18F2N2/c1-7(2)6-10(16-15)9-5-4-8(3)11(13)12(9)14/h4-5,7,10,16H,6,15H2,1-3H3. The second kappa shape index (κ2) is 5.37. The van der Waals surface area contributed by atoms with Crippen molar-refractivity contribution in [1.29, 1.82) is 0 Å². The molecule has 1 rings (SSSR count). The maximum atomic E-state index is 13.7. The van der Waals surface area contributed by atoms with Gasteiger partial charge < -0.3 is 0 Å². The number of halogens is 2. The molecule has 0 spiro atoms. The summed E-state index contributed by atoms with van der Waals surface area (Å²) in [6.45, 7) is 5.55. The molecule has 0 radical (unpaired) electrons. The fourth-order valence-corrected chi connectivity index (χ4v) is 1.69. The molecule has 0 amide bonds. The summed E-state index contributed by atoms with van der Waals surface area (Å²) >= 11 is 0. The molecule has 0 aliphatic rings. The Hall–Kier alpha value is -1.00. The second-order valence-electron chi connectivity index (χ2n) is 4.45. The second-order valence-corrected chi connectivity index (χ2v) is 4.45. The van der Waals surface area contributed by atoms with Crippen LogP contribution in [0.4, 0.5) is 8.78 Å². The lowest BCUT2D eigenvalue weighted by atomic mass is 9.96. The Balaban J connectivity index is 3.06. The highest BCUT2D eigenvalue weighted by Gasteiger charge is 2.19. The summed E-state index contributed by atoms with van der Waals surface area (Å²) in [5.74, 6) is 4.13. The van der Waals surface area contributed by atoms with E-state index in [9.17, 15) is 8.78 Å². The zero-order valence-corrected chi connectivity index (χ0v) is 9.85. The monoisotopic (exact) mass is 228 g/mol. The maximum absolute atomic E-state index is 13.7. The molecule has 0 heterocycles. The predicted octanol–water partition coefficient (Wildman–Crippen LogP) is 2.82. The first-order valence-electron chi connectivity index (χ1n) is 5.38. The number of nitrogens with one attached hydrogen (secondary N) is 1. The van der Waals surface area contributed by atoms with Crippen LogP contribution in [0.5, 0.6) is 0 Å². The number of hydrogen-bond donors (Lipinski definition) is 2. The van der Waals surface area contributed by atoms with Crippen molar-refractivity contribution in [3.8, 4) is 0 Å². The first-order valence-corrected chi connectivity index (χ1v) is 5.38. The van der Waals surface area contributed by atoms with Gasteiger partial charge in [-0.1, -0.05) is 26.0 Å². The highest BCUT2D eigenvalue weighted by atomic mass is 19.2. The molecule has 0 aromatic heterocycles. The van der Waals surface area contributed by atoms with E-state index in [0.717, 1.165) is 0 Å². The van der Waals surface area contributed by atoms with Gasteiger partial charge in [-0.05, 0) is 24.8 Å². The molecule has 0 aliphatic carbocycles. The van der Waals surface area contributed by atoms with Crippen molar-refractivity contribution in [1.82, 2.24) is 5.43 Å². The lowest BCUT2D eigenvalue weighted by molar-refractivity contribution is 0.409. The summed E-state index contributed by atoms with van der Waals surface area (Å²) in [7, 11) is 0. The molecule has 1 aromatic rings. The quantitative estimate of drug-likeness (QED) is 0.614. The number of aryl methyl sites for hydroxylation is 1. The van der Waals surface area contributed by atoms with Gasteiger partial charge in [-0.2, -0.15) is 0 Å². The van der Waals surface area contributed by atoms with Crippen molar-refractivity contribution in [2.24, 2.45) is 11.8 Å². The van der Waals surface area contributed by atoms with Gasteiger partial charge in [0.1, 0.15) is 0 Å². The molecule has 0 aliphatic heterocycles. The molecule has 4 heteroatoms. The third-order valence-corrected chi connectivity index (χ3v) is 2.59. The van der Waals surface area contributed by atoms with Crippen LogP contribution in [-0.4, -0.2) is 0 Å². The third-order valence-electron chi connectivity index (χ3n) is 2.59. The number of nitrogens with two attached hydrogens (primary N) is 1. The van der Waals surface area contributed by atoms with Gasteiger partial charge in [-0.15, -0.1) is 0 Å². The predicted molar refractivity (Wildman–Crippen MR) is 60.6 cm³/mol. The van der Waals surface area contributed by atoms with Crippen molar-refractivity contribution in [3.63, 3.8) is 0 Å². The lowest BCUT2D eigenvalue weighted by Gasteiger charge is -2.19. The van der Waals surface area contributed by atoms with Crippen molar-refractivity contribution in [3.05, 3.63) is 34.9 Å². The number of rotatable bonds is 4. The van der Waals surface area contributed by atoms with Gasteiger partial charge in [0.2, 0.25) is 0 Å². The molecule has 0 saturated heterocycles. The summed E-state index contributed by atoms with van der Waals surface area (Å²) < 4.78 is 27.1. The average molecular weight is 228 g/mol. The first kappa shape index (κ1) is 13.1. The smallest absolute Gasteiger partial charge is 0.163 e. The minimum absolute atomic E-state index is 0.291. The lowest BCUT2D eigenvalue weighted by Crippen LogP contribution is -2.30. The average Bonchev–Trinajstić information content (AvgIpc) is 2.23. The van der Waals surface area contributed by atoms with Gasteiger partial charge in [0.25, 0.3) is 0 Å². The maximum Gasteiger partial charge on any atom is 0.163 e. The van der Waals surface area contributed by atoms with Gasteiger partial charge in [0, 0.05) is 11.6 Å². The summed E-state index contributed by atoms with van der Waals surface area (Å²) in [6.07, 6.45) is 0.663. The summed E-state index contributed by atoms with van der Waals surface area (Å²) in [4.78, 5) is 0. The molecule has 1 aromatic carbocycles. The Morgan fingerprint density at radius 1 is 1.25 bits per heavy atom. The van der Waals surface area contributed by atoms with Gasteiger partial charge in [-0.3, -0.25) is 11.3 Å². The molecule has 3 N–H and O–H groups in total. The molecule has 2 nitrogen and oxygen atoms in total. The SMILES string of the molecule is Cc1ccc(C(CC(C)C)NN)c(F)c1F. The van der Waals surface area contributed by atoms with Crippen LogP contribution in [0.25, 0.3) is 0 Å². The molecular weight excluding hydrogens is 210 g/mol. The van der Waals surface area contributed by atoms with E-state index in [0.29, 0.717) is 23.5 Å². The van der Waals surface area contributed by atoms with Crippen LogP contribution in [0.3, 0.4) is 0 Å². The van der Waals surface area contributed by atoms with Gasteiger partial charge >= 0.3 is 0 Å². The molecule has 0 saturated carbocycles.